The lowest BCUT2D eigenvalue weighted by Gasteiger charge is -2.20. The Morgan fingerprint density at radius 1 is 0.909 bits per heavy atom. The summed E-state index contributed by atoms with van der Waals surface area (Å²) in [6, 6.07) is 19.8. The summed E-state index contributed by atoms with van der Waals surface area (Å²) in [6.45, 7) is 0.217. The number of nitrogens with two attached hydrogens (primary N) is 1. The van der Waals surface area contributed by atoms with E-state index in [9.17, 15) is 21.6 Å². The molecule has 0 saturated carbocycles. The van der Waals surface area contributed by atoms with E-state index in [1.54, 1.807) is 60.7 Å². The Bertz CT molecular complexity index is 1380. The van der Waals surface area contributed by atoms with Crippen LogP contribution in [0.1, 0.15) is 17.2 Å². The van der Waals surface area contributed by atoms with Gasteiger partial charge in [0.25, 0.3) is 10.2 Å². The first-order valence-corrected chi connectivity index (χ1v) is 13.0. The fourth-order valence-electron chi connectivity index (χ4n) is 3.65. The van der Waals surface area contributed by atoms with Crippen LogP contribution in [-0.4, -0.2) is 29.3 Å². The summed E-state index contributed by atoms with van der Waals surface area (Å²) in [4.78, 5) is 13.2. The van der Waals surface area contributed by atoms with Gasteiger partial charge in [0, 0.05) is 12.2 Å². The quantitative estimate of drug-likeness (QED) is 0.468. The van der Waals surface area contributed by atoms with Gasteiger partial charge in [-0.25, -0.2) is 13.6 Å². The van der Waals surface area contributed by atoms with Gasteiger partial charge < -0.3 is 5.32 Å². The van der Waals surface area contributed by atoms with Gasteiger partial charge in [0.2, 0.25) is 15.9 Å². The number of amides is 1. The van der Waals surface area contributed by atoms with Gasteiger partial charge >= 0.3 is 0 Å². The highest BCUT2D eigenvalue weighted by Crippen LogP contribution is 2.32. The molecule has 0 bridgehead atoms. The lowest BCUT2D eigenvalue weighted by molar-refractivity contribution is -0.117. The molecular weight excluding hydrogens is 464 g/mol. The number of sulfonamides is 1. The SMILES string of the molecule is NS(=O)(=O)N1CCc2ccc(NC(=O)C(NS(=O)(=O)c3ccccc3)c3ccccc3)cc21. The Morgan fingerprint density at radius 3 is 2.18 bits per heavy atom. The minimum absolute atomic E-state index is 0.0278. The predicted molar refractivity (Wildman–Crippen MR) is 125 cm³/mol. The molecule has 11 heteroatoms. The van der Waals surface area contributed by atoms with Crippen molar-refractivity contribution in [1.29, 1.82) is 0 Å². The molecule has 172 valence electrons. The maximum Gasteiger partial charge on any atom is 0.299 e. The van der Waals surface area contributed by atoms with Gasteiger partial charge in [-0.1, -0.05) is 54.6 Å². The third-order valence-electron chi connectivity index (χ3n) is 5.23. The van der Waals surface area contributed by atoms with Crippen LogP contribution in [-0.2, 0) is 31.4 Å². The van der Waals surface area contributed by atoms with Crippen molar-refractivity contribution in [3.8, 4) is 0 Å². The van der Waals surface area contributed by atoms with Crippen molar-refractivity contribution < 1.29 is 21.6 Å². The predicted octanol–water partition coefficient (Wildman–Crippen LogP) is 1.91. The number of hydrogen-bond acceptors (Lipinski definition) is 5. The maximum absolute atomic E-state index is 13.2. The first kappa shape index (κ1) is 22.9. The lowest BCUT2D eigenvalue weighted by atomic mass is 10.1. The van der Waals surface area contributed by atoms with E-state index in [1.807, 2.05) is 0 Å². The van der Waals surface area contributed by atoms with Gasteiger partial charge in [-0.3, -0.25) is 9.10 Å². The van der Waals surface area contributed by atoms with Gasteiger partial charge in [0.1, 0.15) is 6.04 Å². The maximum atomic E-state index is 13.2. The Labute approximate surface area is 192 Å². The molecule has 1 aliphatic heterocycles. The van der Waals surface area contributed by atoms with Crippen LogP contribution >= 0.6 is 0 Å². The highest BCUT2D eigenvalue weighted by molar-refractivity contribution is 7.90. The average molecular weight is 487 g/mol. The van der Waals surface area contributed by atoms with Crippen molar-refractivity contribution in [1.82, 2.24) is 4.72 Å². The monoisotopic (exact) mass is 486 g/mol. The third-order valence-corrected chi connectivity index (χ3v) is 7.67. The van der Waals surface area contributed by atoms with Crippen LogP contribution in [0.4, 0.5) is 11.4 Å². The zero-order valence-corrected chi connectivity index (χ0v) is 19.0. The van der Waals surface area contributed by atoms with E-state index in [2.05, 4.69) is 10.0 Å². The fraction of sp³-hybridized carbons (Fsp3) is 0.136. The smallest absolute Gasteiger partial charge is 0.299 e. The summed E-state index contributed by atoms with van der Waals surface area (Å²) < 4.78 is 53.0. The molecule has 33 heavy (non-hydrogen) atoms. The highest BCUT2D eigenvalue weighted by atomic mass is 32.2. The van der Waals surface area contributed by atoms with Crippen LogP contribution in [0.2, 0.25) is 0 Å². The van der Waals surface area contributed by atoms with E-state index >= 15 is 0 Å². The van der Waals surface area contributed by atoms with Crippen LogP contribution in [0, 0.1) is 0 Å². The molecule has 0 aromatic heterocycles. The van der Waals surface area contributed by atoms with Crippen molar-refractivity contribution in [3.63, 3.8) is 0 Å². The molecule has 1 atom stereocenters. The normalized spacial score (nSPS) is 14.5. The van der Waals surface area contributed by atoms with E-state index in [-0.39, 0.29) is 11.4 Å². The topological polar surface area (TPSA) is 139 Å². The van der Waals surface area contributed by atoms with Gasteiger partial charge in [-0.15, -0.1) is 0 Å². The molecule has 1 unspecified atom stereocenters. The van der Waals surface area contributed by atoms with Crippen LogP contribution in [0.25, 0.3) is 0 Å². The van der Waals surface area contributed by atoms with Crippen molar-refractivity contribution in [3.05, 3.63) is 90.0 Å². The summed E-state index contributed by atoms with van der Waals surface area (Å²) in [7, 11) is -7.94. The Balaban J connectivity index is 1.63. The zero-order valence-electron chi connectivity index (χ0n) is 17.4. The number of carbonyl (C=O) groups excluding carboxylic acids is 1. The molecule has 9 nitrogen and oxygen atoms in total. The van der Waals surface area contributed by atoms with Crippen molar-refractivity contribution in [2.24, 2.45) is 5.14 Å². The van der Waals surface area contributed by atoms with E-state index < -0.39 is 32.2 Å². The summed E-state index contributed by atoms with van der Waals surface area (Å²) in [5, 5.41) is 7.98. The average Bonchev–Trinajstić information content (AvgIpc) is 3.22. The molecule has 4 rings (SSSR count). The van der Waals surface area contributed by atoms with Crippen LogP contribution in [0.5, 0.6) is 0 Å². The van der Waals surface area contributed by atoms with Crippen LogP contribution < -0.4 is 19.5 Å². The molecule has 1 amide bonds. The Kier molecular flexibility index (Phi) is 6.21. The van der Waals surface area contributed by atoms with Gasteiger partial charge in [-0.05, 0) is 41.8 Å². The molecule has 4 N–H and O–H groups in total. The summed E-state index contributed by atoms with van der Waals surface area (Å²) in [6.07, 6.45) is 0.503. The second-order valence-electron chi connectivity index (χ2n) is 7.48. The van der Waals surface area contributed by atoms with E-state index in [1.165, 1.54) is 18.2 Å². The number of nitrogens with one attached hydrogen (secondary N) is 2. The molecule has 0 radical (unpaired) electrons. The van der Waals surface area contributed by atoms with Crippen LogP contribution in [0.15, 0.2) is 83.8 Å². The first-order chi connectivity index (χ1) is 15.6. The van der Waals surface area contributed by atoms with Gasteiger partial charge in [0.15, 0.2) is 0 Å². The van der Waals surface area contributed by atoms with Gasteiger partial charge in [-0.2, -0.15) is 13.1 Å². The molecule has 0 spiro atoms. The summed E-state index contributed by atoms with van der Waals surface area (Å²) >= 11 is 0. The molecule has 1 aliphatic rings. The molecular formula is C22H22N4O5S2. The zero-order chi connectivity index (χ0) is 23.6. The summed E-state index contributed by atoms with van der Waals surface area (Å²) in [5.74, 6) is -0.624. The highest BCUT2D eigenvalue weighted by Gasteiger charge is 2.29. The number of anilines is 2. The molecule has 3 aromatic rings. The largest absolute Gasteiger partial charge is 0.324 e. The molecule has 0 aliphatic carbocycles. The Morgan fingerprint density at radius 2 is 1.55 bits per heavy atom. The van der Waals surface area contributed by atoms with Crippen molar-refractivity contribution >= 4 is 37.5 Å². The first-order valence-electron chi connectivity index (χ1n) is 10.0. The van der Waals surface area contributed by atoms with E-state index in [0.717, 1.165) is 9.87 Å². The van der Waals surface area contributed by atoms with Crippen molar-refractivity contribution in [2.45, 2.75) is 17.4 Å². The number of benzene rings is 3. The molecule has 0 saturated heterocycles. The third kappa shape index (κ3) is 5.06. The second kappa shape index (κ2) is 8.94. The minimum atomic E-state index is -4.00. The molecule has 3 aromatic carbocycles. The minimum Gasteiger partial charge on any atom is -0.324 e. The summed E-state index contributed by atoms with van der Waals surface area (Å²) in [5.41, 5.74) is 1.93. The fourth-order valence-corrected chi connectivity index (χ4v) is 5.64. The van der Waals surface area contributed by atoms with E-state index in [4.69, 9.17) is 5.14 Å². The number of hydrogen-bond donors (Lipinski definition) is 3. The van der Waals surface area contributed by atoms with Gasteiger partial charge in [0.05, 0.1) is 10.6 Å². The molecule has 1 heterocycles. The number of carbonyl (C=O) groups is 1. The number of fused-ring (bicyclic) bond motifs is 1. The second-order valence-corrected chi connectivity index (χ2v) is 10.7. The number of rotatable bonds is 7. The number of nitrogens with zero attached hydrogens (tertiary/aromatic N) is 1. The van der Waals surface area contributed by atoms with E-state index in [0.29, 0.717) is 23.4 Å². The lowest BCUT2D eigenvalue weighted by Crippen LogP contribution is -2.37. The van der Waals surface area contributed by atoms with Crippen molar-refractivity contribution in [2.75, 3.05) is 16.2 Å². The Hall–Kier alpha value is -3.25. The standard InChI is InChI=1S/C22H22N4O5S2/c23-33(30,31)26-14-13-16-11-12-18(15-20(16)26)24-22(27)21(17-7-3-1-4-8-17)25-32(28,29)19-9-5-2-6-10-19/h1-12,15,21,25H,13-14H2,(H,24,27)(H2,23,30,31). The van der Waals surface area contributed by atoms with Crippen LogP contribution in [0.3, 0.4) is 0 Å². The molecule has 0 fully saturated rings.